The Hall–Kier alpha value is -1.54. The zero-order valence-corrected chi connectivity index (χ0v) is 10.2. The van der Waals surface area contributed by atoms with Crippen molar-refractivity contribution < 1.29 is 13.2 Å². The lowest BCUT2D eigenvalue weighted by atomic mass is 10.1. The maximum Gasteiger partial charge on any atom is 0.416 e. The van der Waals surface area contributed by atoms with Gasteiger partial charge >= 0.3 is 6.18 Å². The summed E-state index contributed by atoms with van der Waals surface area (Å²) in [5, 5.41) is 8.50. The van der Waals surface area contributed by atoms with Crippen LogP contribution in [0.1, 0.15) is 24.5 Å². The van der Waals surface area contributed by atoms with Gasteiger partial charge in [0.15, 0.2) is 0 Å². The first-order valence-electron chi connectivity index (χ1n) is 5.72. The van der Waals surface area contributed by atoms with Crippen molar-refractivity contribution in [1.82, 2.24) is 4.90 Å². The molecule has 0 spiro atoms. The standard InChI is InChI=1S/C13H15F3N2/c1-2-18(9-3-8-17)10-11-4-6-12(7-5-11)13(14,15)16/h4-7H,2-3,9-10H2,1H3. The van der Waals surface area contributed by atoms with Gasteiger partial charge in [-0.15, -0.1) is 0 Å². The molecule has 1 aromatic carbocycles. The van der Waals surface area contributed by atoms with Crippen LogP contribution in [0.5, 0.6) is 0 Å². The van der Waals surface area contributed by atoms with Crippen molar-refractivity contribution in [2.45, 2.75) is 26.1 Å². The first-order chi connectivity index (χ1) is 8.47. The van der Waals surface area contributed by atoms with Crippen LogP contribution in [0.4, 0.5) is 13.2 Å². The number of nitriles is 1. The third kappa shape index (κ3) is 4.38. The molecule has 0 aliphatic carbocycles. The summed E-state index contributed by atoms with van der Waals surface area (Å²) in [6.07, 6.45) is -3.86. The van der Waals surface area contributed by atoms with Crippen LogP contribution in [0, 0.1) is 11.3 Å². The Morgan fingerprint density at radius 2 is 1.83 bits per heavy atom. The van der Waals surface area contributed by atoms with Gasteiger partial charge in [-0.25, -0.2) is 0 Å². The Labute approximate surface area is 105 Å². The fraction of sp³-hybridized carbons (Fsp3) is 0.462. The van der Waals surface area contributed by atoms with Crippen LogP contribution in [0.2, 0.25) is 0 Å². The van der Waals surface area contributed by atoms with Gasteiger partial charge in [0, 0.05) is 19.5 Å². The van der Waals surface area contributed by atoms with Crippen molar-refractivity contribution in [3.63, 3.8) is 0 Å². The fourth-order valence-corrected chi connectivity index (χ4v) is 1.61. The lowest BCUT2D eigenvalue weighted by Crippen LogP contribution is -2.23. The van der Waals surface area contributed by atoms with Gasteiger partial charge in [-0.3, -0.25) is 4.90 Å². The first kappa shape index (κ1) is 14.5. The van der Waals surface area contributed by atoms with Crippen molar-refractivity contribution in [2.75, 3.05) is 13.1 Å². The molecule has 1 aromatic rings. The van der Waals surface area contributed by atoms with Crippen LogP contribution in [-0.2, 0) is 12.7 Å². The number of nitrogens with zero attached hydrogens (tertiary/aromatic N) is 2. The number of alkyl halides is 3. The molecule has 18 heavy (non-hydrogen) atoms. The lowest BCUT2D eigenvalue weighted by molar-refractivity contribution is -0.137. The van der Waals surface area contributed by atoms with E-state index in [1.165, 1.54) is 12.1 Å². The van der Waals surface area contributed by atoms with E-state index in [2.05, 4.69) is 6.07 Å². The zero-order valence-electron chi connectivity index (χ0n) is 10.2. The monoisotopic (exact) mass is 256 g/mol. The van der Waals surface area contributed by atoms with Crippen LogP contribution >= 0.6 is 0 Å². The highest BCUT2D eigenvalue weighted by Gasteiger charge is 2.29. The van der Waals surface area contributed by atoms with E-state index in [1.54, 1.807) is 0 Å². The summed E-state index contributed by atoms with van der Waals surface area (Å²) in [4.78, 5) is 2.02. The molecular formula is C13H15F3N2. The van der Waals surface area contributed by atoms with E-state index in [1.807, 2.05) is 11.8 Å². The van der Waals surface area contributed by atoms with Gasteiger partial charge in [-0.1, -0.05) is 19.1 Å². The summed E-state index contributed by atoms with van der Waals surface area (Å²) in [6, 6.07) is 7.21. The van der Waals surface area contributed by atoms with Crippen LogP contribution < -0.4 is 0 Å². The number of hydrogen-bond donors (Lipinski definition) is 0. The van der Waals surface area contributed by atoms with Gasteiger partial charge < -0.3 is 0 Å². The topological polar surface area (TPSA) is 27.0 Å². The molecule has 0 amide bonds. The number of hydrogen-bond acceptors (Lipinski definition) is 2. The van der Waals surface area contributed by atoms with E-state index < -0.39 is 11.7 Å². The van der Waals surface area contributed by atoms with Crippen LogP contribution in [0.15, 0.2) is 24.3 Å². The number of halogens is 3. The molecule has 0 atom stereocenters. The van der Waals surface area contributed by atoms with Gasteiger partial charge in [-0.2, -0.15) is 18.4 Å². The second-order valence-corrected chi connectivity index (χ2v) is 3.97. The highest BCUT2D eigenvalue weighted by Crippen LogP contribution is 2.29. The van der Waals surface area contributed by atoms with E-state index in [0.29, 0.717) is 19.5 Å². The van der Waals surface area contributed by atoms with Gasteiger partial charge in [0.25, 0.3) is 0 Å². The van der Waals surface area contributed by atoms with Crippen LogP contribution in [0.3, 0.4) is 0 Å². The van der Waals surface area contributed by atoms with Gasteiger partial charge in [0.05, 0.1) is 11.6 Å². The lowest BCUT2D eigenvalue weighted by Gasteiger charge is -2.19. The van der Waals surface area contributed by atoms with E-state index in [4.69, 9.17) is 5.26 Å². The quantitative estimate of drug-likeness (QED) is 0.806. The molecule has 0 aliphatic rings. The molecule has 98 valence electrons. The largest absolute Gasteiger partial charge is 0.416 e. The van der Waals surface area contributed by atoms with E-state index in [0.717, 1.165) is 24.2 Å². The van der Waals surface area contributed by atoms with Crippen molar-refractivity contribution >= 4 is 0 Å². The van der Waals surface area contributed by atoms with E-state index in [9.17, 15) is 13.2 Å². The zero-order chi connectivity index (χ0) is 13.6. The molecule has 0 fully saturated rings. The SMILES string of the molecule is CCN(CCC#N)Cc1ccc(C(F)(F)F)cc1. The summed E-state index contributed by atoms with van der Waals surface area (Å²) in [5.74, 6) is 0. The van der Waals surface area contributed by atoms with Crippen LogP contribution in [0.25, 0.3) is 0 Å². The molecule has 0 bridgehead atoms. The average Bonchev–Trinajstić information content (AvgIpc) is 2.34. The highest BCUT2D eigenvalue weighted by atomic mass is 19.4. The predicted octanol–water partition coefficient (Wildman–Crippen LogP) is 3.44. The minimum absolute atomic E-state index is 0.425. The third-order valence-corrected chi connectivity index (χ3v) is 2.67. The minimum atomic E-state index is -4.29. The van der Waals surface area contributed by atoms with Crippen LogP contribution in [-0.4, -0.2) is 18.0 Å². The first-order valence-corrected chi connectivity index (χ1v) is 5.72. The van der Waals surface area contributed by atoms with Crippen molar-refractivity contribution in [1.29, 1.82) is 5.26 Å². The Kier molecular flexibility index (Phi) is 5.17. The third-order valence-electron chi connectivity index (χ3n) is 2.67. The average molecular weight is 256 g/mol. The number of rotatable bonds is 5. The Morgan fingerprint density at radius 1 is 1.22 bits per heavy atom. The van der Waals surface area contributed by atoms with Gasteiger partial charge in [-0.05, 0) is 24.2 Å². The molecule has 2 nitrogen and oxygen atoms in total. The predicted molar refractivity (Wildman–Crippen MR) is 62.6 cm³/mol. The van der Waals surface area contributed by atoms with Gasteiger partial charge in [0.2, 0.25) is 0 Å². The molecule has 0 radical (unpaired) electrons. The minimum Gasteiger partial charge on any atom is -0.298 e. The highest BCUT2D eigenvalue weighted by molar-refractivity contribution is 5.24. The van der Waals surface area contributed by atoms with E-state index in [-0.39, 0.29) is 0 Å². The Bertz CT molecular complexity index is 404. The molecule has 0 saturated carbocycles. The van der Waals surface area contributed by atoms with Gasteiger partial charge in [0.1, 0.15) is 0 Å². The molecule has 0 N–H and O–H groups in total. The second-order valence-electron chi connectivity index (χ2n) is 3.97. The number of benzene rings is 1. The summed E-state index contributed by atoms with van der Waals surface area (Å²) in [7, 11) is 0. The molecule has 5 heteroatoms. The fourth-order valence-electron chi connectivity index (χ4n) is 1.61. The molecule has 0 heterocycles. The molecule has 0 saturated heterocycles. The van der Waals surface area contributed by atoms with Crippen molar-refractivity contribution in [2.24, 2.45) is 0 Å². The maximum atomic E-state index is 12.4. The molecule has 0 aliphatic heterocycles. The Balaban J connectivity index is 2.65. The summed E-state index contributed by atoms with van der Waals surface area (Å²) < 4.78 is 37.1. The smallest absolute Gasteiger partial charge is 0.298 e. The molecular weight excluding hydrogens is 241 g/mol. The second kappa shape index (κ2) is 6.41. The Morgan fingerprint density at radius 3 is 2.28 bits per heavy atom. The van der Waals surface area contributed by atoms with E-state index >= 15 is 0 Å². The summed E-state index contributed by atoms with van der Waals surface area (Å²) in [6.45, 7) is 3.93. The van der Waals surface area contributed by atoms with Crippen molar-refractivity contribution in [3.05, 3.63) is 35.4 Å². The summed E-state index contributed by atoms with van der Waals surface area (Å²) in [5.41, 5.74) is 0.189. The summed E-state index contributed by atoms with van der Waals surface area (Å²) >= 11 is 0. The molecule has 0 unspecified atom stereocenters. The maximum absolute atomic E-state index is 12.4. The normalized spacial score (nSPS) is 11.6. The molecule has 1 rings (SSSR count). The van der Waals surface area contributed by atoms with Crippen molar-refractivity contribution in [3.8, 4) is 6.07 Å². The molecule has 0 aromatic heterocycles.